The first-order valence-electron chi connectivity index (χ1n) is 6.09. The molecule has 1 heteroatoms. The van der Waals surface area contributed by atoms with Crippen molar-refractivity contribution in [1.29, 1.82) is 0 Å². The number of nitrogens with one attached hydrogen (secondary N) is 1. The van der Waals surface area contributed by atoms with E-state index in [0.29, 0.717) is 5.92 Å². The molecule has 1 unspecified atom stereocenters. The minimum absolute atomic E-state index is 0.578. The second-order valence-corrected chi connectivity index (χ2v) is 4.61. The van der Waals surface area contributed by atoms with Crippen molar-refractivity contribution >= 4 is 0 Å². The second-order valence-electron chi connectivity index (χ2n) is 4.61. The highest BCUT2D eigenvalue weighted by Gasteiger charge is 2.22. The van der Waals surface area contributed by atoms with Gasteiger partial charge in [-0.3, -0.25) is 0 Å². The standard InChI is InChI=1S/C15H19N/c1-3-13-6-4-5-7-15(13)12(2)14-8-10-16-11-9-14/h1,4-7,12,14,16H,8-11H2,2H3. The van der Waals surface area contributed by atoms with Crippen LogP contribution >= 0.6 is 0 Å². The Labute approximate surface area is 98.3 Å². The van der Waals surface area contributed by atoms with Gasteiger partial charge in [0.05, 0.1) is 0 Å². The van der Waals surface area contributed by atoms with Crippen LogP contribution in [0.15, 0.2) is 24.3 Å². The fraction of sp³-hybridized carbons (Fsp3) is 0.467. The van der Waals surface area contributed by atoms with Crippen LogP contribution in [-0.4, -0.2) is 13.1 Å². The predicted molar refractivity (Wildman–Crippen MR) is 68.4 cm³/mol. The number of terminal acetylenes is 1. The molecule has 1 aromatic carbocycles. The molecule has 1 saturated heterocycles. The maximum absolute atomic E-state index is 5.56. The predicted octanol–water partition coefficient (Wildman–Crippen LogP) is 2.77. The molecule has 0 radical (unpaired) electrons. The van der Waals surface area contributed by atoms with E-state index in [0.717, 1.165) is 24.6 Å². The van der Waals surface area contributed by atoms with Crippen molar-refractivity contribution in [3.05, 3.63) is 35.4 Å². The lowest BCUT2D eigenvalue weighted by Crippen LogP contribution is -2.30. The molecule has 1 fully saturated rings. The van der Waals surface area contributed by atoms with Crippen molar-refractivity contribution in [2.75, 3.05) is 13.1 Å². The highest BCUT2D eigenvalue weighted by atomic mass is 14.9. The molecule has 1 nitrogen and oxygen atoms in total. The highest BCUT2D eigenvalue weighted by molar-refractivity contribution is 5.41. The zero-order valence-electron chi connectivity index (χ0n) is 9.87. The third-order valence-corrected chi connectivity index (χ3v) is 3.70. The highest BCUT2D eigenvalue weighted by Crippen LogP contribution is 2.32. The Bertz CT molecular complexity index is 383. The molecule has 84 valence electrons. The molecule has 0 spiro atoms. The van der Waals surface area contributed by atoms with Crippen LogP contribution < -0.4 is 5.32 Å². The quantitative estimate of drug-likeness (QED) is 0.745. The van der Waals surface area contributed by atoms with Crippen molar-refractivity contribution in [2.45, 2.75) is 25.7 Å². The summed E-state index contributed by atoms with van der Waals surface area (Å²) in [6.07, 6.45) is 8.08. The lowest BCUT2D eigenvalue weighted by Gasteiger charge is -2.29. The smallest absolute Gasteiger partial charge is 0.0277 e. The fourth-order valence-electron chi connectivity index (χ4n) is 2.62. The number of benzene rings is 1. The van der Waals surface area contributed by atoms with Crippen LogP contribution in [0.25, 0.3) is 0 Å². The first-order chi connectivity index (χ1) is 7.83. The van der Waals surface area contributed by atoms with Gasteiger partial charge in [-0.15, -0.1) is 6.42 Å². The summed E-state index contributed by atoms with van der Waals surface area (Å²) in [7, 11) is 0. The molecule has 1 aliphatic rings. The summed E-state index contributed by atoms with van der Waals surface area (Å²) in [5.74, 6) is 4.15. The summed E-state index contributed by atoms with van der Waals surface area (Å²) in [5, 5.41) is 3.41. The summed E-state index contributed by atoms with van der Waals surface area (Å²) in [4.78, 5) is 0. The molecule has 0 aromatic heterocycles. The van der Waals surface area contributed by atoms with E-state index in [2.05, 4.69) is 30.3 Å². The minimum Gasteiger partial charge on any atom is -0.317 e. The SMILES string of the molecule is C#Cc1ccccc1C(C)C1CCNCC1. The minimum atomic E-state index is 0.578. The molecule has 0 bridgehead atoms. The van der Waals surface area contributed by atoms with Gasteiger partial charge in [0.2, 0.25) is 0 Å². The monoisotopic (exact) mass is 213 g/mol. The van der Waals surface area contributed by atoms with Gasteiger partial charge in [0.25, 0.3) is 0 Å². The molecule has 0 amide bonds. The van der Waals surface area contributed by atoms with Crippen LogP contribution in [0.1, 0.15) is 36.8 Å². The largest absolute Gasteiger partial charge is 0.317 e. The average molecular weight is 213 g/mol. The topological polar surface area (TPSA) is 12.0 Å². The Balaban J connectivity index is 2.19. The molecule has 1 N–H and O–H groups in total. The molecular formula is C15H19N. The molecule has 2 rings (SSSR count). The van der Waals surface area contributed by atoms with Crippen LogP contribution in [0.5, 0.6) is 0 Å². The van der Waals surface area contributed by atoms with E-state index in [1.54, 1.807) is 0 Å². The van der Waals surface area contributed by atoms with Gasteiger partial charge in [0, 0.05) is 5.56 Å². The Morgan fingerprint density at radius 2 is 2.00 bits per heavy atom. The number of hydrogen-bond acceptors (Lipinski definition) is 1. The third-order valence-electron chi connectivity index (χ3n) is 3.70. The van der Waals surface area contributed by atoms with E-state index in [1.165, 1.54) is 18.4 Å². The van der Waals surface area contributed by atoms with Gasteiger partial charge in [-0.1, -0.05) is 31.0 Å². The Morgan fingerprint density at radius 1 is 1.31 bits per heavy atom. The summed E-state index contributed by atoms with van der Waals surface area (Å²) >= 11 is 0. The molecule has 1 heterocycles. The van der Waals surface area contributed by atoms with Crippen LogP contribution in [0.3, 0.4) is 0 Å². The van der Waals surface area contributed by atoms with E-state index in [1.807, 2.05) is 12.1 Å². The van der Waals surface area contributed by atoms with E-state index < -0.39 is 0 Å². The molecule has 1 aliphatic heterocycles. The van der Waals surface area contributed by atoms with Gasteiger partial charge >= 0.3 is 0 Å². The normalized spacial score (nSPS) is 19.0. The molecular weight excluding hydrogens is 194 g/mol. The molecule has 1 atom stereocenters. The molecule has 0 aliphatic carbocycles. The maximum Gasteiger partial charge on any atom is 0.0277 e. The fourth-order valence-corrected chi connectivity index (χ4v) is 2.62. The van der Waals surface area contributed by atoms with Crippen molar-refractivity contribution < 1.29 is 0 Å². The number of piperidine rings is 1. The Morgan fingerprint density at radius 3 is 2.69 bits per heavy atom. The Hall–Kier alpha value is -1.26. The van der Waals surface area contributed by atoms with Gasteiger partial charge in [0.15, 0.2) is 0 Å². The van der Waals surface area contributed by atoms with E-state index in [-0.39, 0.29) is 0 Å². The van der Waals surface area contributed by atoms with Gasteiger partial charge in [-0.05, 0) is 49.4 Å². The van der Waals surface area contributed by atoms with E-state index in [9.17, 15) is 0 Å². The average Bonchev–Trinajstić information content (AvgIpc) is 2.39. The molecule has 0 saturated carbocycles. The number of rotatable bonds is 2. The van der Waals surface area contributed by atoms with E-state index >= 15 is 0 Å². The molecule has 1 aromatic rings. The van der Waals surface area contributed by atoms with Crippen LogP contribution in [0.2, 0.25) is 0 Å². The lowest BCUT2D eigenvalue weighted by molar-refractivity contribution is 0.330. The van der Waals surface area contributed by atoms with E-state index in [4.69, 9.17) is 6.42 Å². The Kier molecular flexibility index (Phi) is 3.64. The van der Waals surface area contributed by atoms with Gasteiger partial charge in [-0.25, -0.2) is 0 Å². The first-order valence-corrected chi connectivity index (χ1v) is 6.09. The first kappa shape index (κ1) is 11.2. The van der Waals surface area contributed by atoms with Crippen LogP contribution in [0.4, 0.5) is 0 Å². The third kappa shape index (κ3) is 2.28. The van der Waals surface area contributed by atoms with Gasteiger partial charge < -0.3 is 5.32 Å². The van der Waals surface area contributed by atoms with Crippen molar-refractivity contribution in [3.63, 3.8) is 0 Å². The summed E-state index contributed by atoms with van der Waals surface area (Å²) in [6, 6.07) is 8.34. The maximum atomic E-state index is 5.56. The summed E-state index contributed by atoms with van der Waals surface area (Å²) in [5.41, 5.74) is 2.41. The van der Waals surface area contributed by atoms with Crippen molar-refractivity contribution in [2.24, 2.45) is 5.92 Å². The van der Waals surface area contributed by atoms with Gasteiger partial charge in [-0.2, -0.15) is 0 Å². The zero-order chi connectivity index (χ0) is 11.4. The van der Waals surface area contributed by atoms with Crippen LogP contribution in [0, 0.1) is 18.3 Å². The van der Waals surface area contributed by atoms with Gasteiger partial charge in [0.1, 0.15) is 0 Å². The van der Waals surface area contributed by atoms with Crippen LogP contribution in [-0.2, 0) is 0 Å². The lowest BCUT2D eigenvalue weighted by atomic mass is 9.80. The summed E-state index contributed by atoms with van der Waals surface area (Å²) < 4.78 is 0. The zero-order valence-corrected chi connectivity index (χ0v) is 9.87. The molecule has 16 heavy (non-hydrogen) atoms. The van der Waals surface area contributed by atoms with Crippen molar-refractivity contribution in [1.82, 2.24) is 5.32 Å². The number of hydrogen-bond donors (Lipinski definition) is 1. The summed E-state index contributed by atoms with van der Waals surface area (Å²) in [6.45, 7) is 4.60. The van der Waals surface area contributed by atoms with Crippen molar-refractivity contribution in [3.8, 4) is 12.3 Å². The second kappa shape index (κ2) is 5.18.